The Morgan fingerprint density at radius 1 is 1.13 bits per heavy atom. The van der Waals surface area contributed by atoms with Crippen molar-refractivity contribution in [3.05, 3.63) is 42.0 Å². The van der Waals surface area contributed by atoms with Gasteiger partial charge in [0.15, 0.2) is 22.1 Å². The lowest BCUT2D eigenvalue weighted by molar-refractivity contribution is -0.128. The molecule has 3 aliphatic rings. The zero-order valence-electron chi connectivity index (χ0n) is 21.9. The lowest BCUT2D eigenvalue weighted by atomic mass is 9.87. The molecule has 1 aliphatic heterocycles. The van der Waals surface area contributed by atoms with E-state index in [0.29, 0.717) is 62.2 Å². The topological polar surface area (TPSA) is 118 Å². The number of hydrogen-bond donors (Lipinski definition) is 2. The number of anilines is 1. The van der Waals surface area contributed by atoms with Gasteiger partial charge >= 0.3 is 0 Å². The molecule has 2 aliphatic carbocycles. The number of amides is 1. The molecular formula is C28H37N3O6S. The number of aromatic nitrogens is 1. The number of ether oxygens (including phenoxy) is 2. The van der Waals surface area contributed by atoms with Crippen molar-refractivity contribution in [2.24, 2.45) is 5.92 Å². The van der Waals surface area contributed by atoms with Crippen LogP contribution in [0.5, 0.6) is 11.5 Å². The number of carbonyl (C=O) groups is 1. The standard InChI is InChI=1S/C28H37N3O6S/c1-20-10-11-23(36-17-13-21-6-3-2-4-7-21)24(18-20)37-28(14-15-28)27(33)30-38(34,35)26-9-5-8-25(29-26)31-16-12-22(32)19-31/h5,8-11,18,21-22,32H,2-4,6-7,12-17,19H2,1H3,(H,30,33)/t22-/m0/s1. The van der Waals surface area contributed by atoms with Crippen molar-refractivity contribution < 1.29 is 27.8 Å². The summed E-state index contributed by atoms with van der Waals surface area (Å²) in [5.41, 5.74) is -0.310. The molecule has 0 radical (unpaired) electrons. The minimum Gasteiger partial charge on any atom is -0.490 e. The van der Waals surface area contributed by atoms with Crippen LogP contribution < -0.4 is 19.1 Å². The Hall–Kier alpha value is -2.85. The number of aliphatic hydroxyl groups excluding tert-OH is 1. The molecule has 2 aromatic rings. The van der Waals surface area contributed by atoms with Crippen LogP contribution in [0, 0.1) is 12.8 Å². The first kappa shape index (κ1) is 26.7. The van der Waals surface area contributed by atoms with Gasteiger partial charge in [0, 0.05) is 25.9 Å². The molecule has 1 saturated heterocycles. The van der Waals surface area contributed by atoms with Crippen molar-refractivity contribution in [1.29, 1.82) is 0 Å². The molecule has 9 nitrogen and oxygen atoms in total. The van der Waals surface area contributed by atoms with Gasteiger partial charge in [-0.05, 0) is 55.5 Å². The van der Waals surface area contributed by atoms with Crippen molar-refractivity contribution in [3.63, 3.8) is 0 Å². The number of aliphatic hydroxyl groups is 1. The van der Waals surface area contributed by atoms with Gasteiger partial charge in [-0.1, -0.05) is 44.2 Å². The van der Waals surface area contributed by atoms with Gasteiger partial charge < -0.3 is 19.5 Å². The number of rotatable bonds is 10. The maximum absolute atomic E-state index is 13.2. The summed E-state index contributed by atoms with van der Waals surface area (Å²) in [6.45, 7) is 3.48. The van der Waals surface area contributed by atoms with E-state index in [0.717, 1.165) is 12.0 Å². The van der Waals surface area contributed by atoms with E-state index < -0.39 is 27.6 Å². The third-order valence-corrected chi connectivity index (χ3v) is 8.96. The monoisotopic (exact) mass is 543 g/mol. The van der Waals surface area contributed by atoms with E-state index >= 15 is 0 Å². The van der Waals surface area contributed by atoms with Crippen LogP contribution in [0.25, 0.3) is 0 Å². The second kappa shape index (κ2) is 11.1. The number of nitrogens with one attached hydrogen (secondary N) is 1. The highest BCUT2D eigenvalue weighted by Crippen LogP contribution is 2.44. The summed E-state index contributed by atoms with van der Waals surface area (Å²) in [6.07, 6.45) is 8.30. The van der Waals surface area contributed by atoms with Crippen molar-refractivity contribution in [1.82, 2.24) is 9.71 Å². The lowest BCUT2D eigenvalue weighted by Gasteiger charge is -2.23. The molecular weight excluding hydrogens is 506 g/mol. The summed E-state index contributed by atoms with van der Waals surface area (Å²) in [7, 11) is -4.22. The quantitative estimate of drug-likeness (QED) is 0.466. The largest absolute Gasteiger partial charge is 0.490 e. The molecule has 2 saturated carbocycles. The van der Waals surface area contributed by atoms with E-state index in [1.165, 1.54) is 38.2 Å². The Morgan fingerprint density at radius 3 is 2.63 bits per heavy atom. The Morgan fingerprint density at radius 2 is 1.92 bits per heavy atom. The molecule has 3 fully saturated rings. The molecule has 2 N–H and O–H groups in total. The number of nitrogens with zero attached hydrogens (tertiary/aromatic N) is 2. The van der Waals surface area contributed by atoms with Crippen LogP contribution in [0.2, 0.25) is 0 Å². The van der Waals surface area contributed by atoms with Gasteiger partial charge in [-0.3, -0.25) is 4.79 Å². The summed E-state index contributed by atoms with van der Waals surface area (Å²) in [4.78, 5) is 19.3. The van der Waals surface area contributed by atoms with E-state index in [1.54, 1.807) is 12.1 Å². The molecule has 1 aromatic heterocycles. The van der Waals surface area contributed by atoms with Gasteiger partial charge in [0.2, 0.25) is 0 Å². The van der Waals surface area contributed by atoms with Crippen LogP contribution in [-0.4, -0.2) is 55.8 Å². The molecule has 2 heterocycles. The number of pyridine rings is 1. The Labute approximate surface area is 224 Å². The van der Waals surface area contributed by atoms with E-state index in [4.69, 9.17) is 9.47 Å². The third-order valence-electron chi connectivity index (χ3n) is 7.73. The van der Waals surface area contributed by atoms with Crippen LogP contribution in [0.3, 0.4) is 0 Å². The fourth-order valence-electron chi connectivity index (χ4n) is 5.27. The van der Waals surface area contributed by atoms with Crippen LogP contribution in [-0.2, 0) is 14.8 Å². The number of hydrogen-bond acceptors (Lipinski definition) is 8. The van der Waals surface area contributed by atoms with Crippen molar-refractivity contribution in [2.75, 3.05) is 24.6 Å². The maximum Gasteiger partial charge on any atom is 0.281 e. The number of β-amino-alcohol motifs (C(OH)–C–C–N with tert-alkyl or cyclic N) is 1. The van der Waals surface area contributed by atoms with Gasteiger partial charge in [-0.25, -0.2) is 9.71 Å². The molecule has 206 valence electrons. The van der Waals surface area contributed by atoms with Crippen molar-refractivity contribution in [2.45, 2.75) is 81.4 Å². The molecule has 10 heteroatoms. The third kappa shape index (κ3) is 6.23. The zero-order chi connectivity index (χ0) is 26.8. The smallest absolute Gasteiger partial charge is 0.281 e. The summed E-state index contributed by atoms with van der Waals surface area (Å²) >= 11 is 0. The second-order valence-corrected chi connectivity index (χ2v) is 12.5. The molecule has 1 amide bonds. The molecule has 1 aromatic carbocycles. The summed E-state index contributed by atoms with van der Waals surface area (Å²) < 4.78 is 40.6. The Kier molecular flexibility index (Phi) is 7.81. The average Bonchev–Trinajstić information content (AvgIpc) is 3.56. The lowest BCUT2D eigenvalue weighted by Crippen LogP contribution is -2.43. The van der Waals surface area contributed by atoms with Gasteiger partial charge in [-0.15, -0.1) is 0 Å². The number of sulfonamides is 1. The van der Waals surface area contributed by atoms with Crippen molar-refractivity contribution in [3.8, 4) is 11.5 Å². The Balaban J connectivity index is 1.25. The minimum absolute atomic E-state index is 0.247. The Bertz CT molecular complexity index is 1260. The highest BCUT2D eigenvalue weighted by atomic mass is 32.2. The number of aryl methyl sites for hydroxylation is 1. The van der Waals surface area contributed by atoms with Crippen LogP contribution >= 0.6 is 0 Å². The first-order chi connectivity index (χ1) is 18.2. The van der Waals surface area contributed by atoms with E-state index in [-0.39, 0.29) is 5.03 Å². The maximum atomic E-state index is 13.2. The van der Waals surface area contributed by atoms with Crippen LogP contribution in [0.15, 0.2) is 41.4 Å². The molecule has 0 unspecified atom stereocenters. The summed E-state index contributed by atoms with van der Waals surface area (Å²) in [5.74, 6) is 1.44. The highest BCUT2D eigenvalue weighted by molar-refractivity contribution is 7.90. The van der Waals surface area contributed by atoms with Crippen LogP contribution in [0.1, 0.15) is 63.4 Å². The predicted molar refractivity (Wildman–Crippen MR) is 143 cm³/mol. The minimum atomic E-state index is -4.22. The van der Waals surface area contributed by atoms with E-state index in [9.17, 15) is 18.3 Å². The normalized spacial score (nSPS) is 21.2. The molecule has 0 bridgehead atoms. The predicted octanol–water partition coefficient (Wildman–Crippen LogP) is 3.73. The fraction of sp³-hybridized carbons (Fsp3) is 0.571. The highest BCUT2D eigenvalue weighted by Gasteiger charge is 2.54. The second-order valence-electron chi connectivity index (χ2n) is 10.8. The van der Waals surface area contributed by atoms with Gasteiger partial charge in [0.1, 0.15) is 5.82 Å². The SMILES string of the molecule is Cc1ccc(OCCC2CCCCC2)c(OC2(C(=O)NS(=O)(=O)c3cccc(N4CC[C@H](O)C4)n3)CC2)c1. The fourth-order valence-corrected chi connectivity index (χ4v) is 6.28. The molecule has 38 heavy (non-hydrogen) atoms. The average molecular weight is 544 g/mol. The van der Waals surface area contributed by atoms with Gasteiger partial charge in [0.25, 0.3) is 15.9 Å². The molecule has 1 atom stereocenters. The van der Waals surface area contributed by atoms with Gasteiger partial charge in [0.05, 0.1) is 12.7 Å². The molecule has 0 spiro atoms. The summed E-state index contributed by atoms with van der Waals surface area (Å²) in [6, 6.07) is 10.2. The molecule has 5 rings (SSSR count). The number of carbonyl (C=O) groups excluding carboxylic acids is 1. The van der Waals surface area contributed by atoms with E-state index in [2.05, 4.69) is 9.71 Å². The van der Waals surface area contributed by atoms with Crippen LogP contribution in [0.4, 0.5) is 5.82 Å². The van der Waals surface area contributed by atoms with Crippen molar-refractivity contribution >= 4 is 21.7 Å². The van der Waals surface area contributed by atoms with Gasteiger partial charge in [-0.2, -0.15) is 8.42 Å². The zero-order valence-corrected chi connectivity index (χ0v) is 22.7. The summed E-state index contributed by atoms with van der Waals surface area (Å²) in [5, 5.41) is 9.56. The number of benzene rings is 1. The van der Waals surface area contributed by atoms with E-state index in [1.807, 2.05) is 30.0 Å². The first-order valence-electron chi connectivity index (χ1n) is 13.6. The first-order valence-corrected chi connectivity index (χ1v) is 15.1.